The SMILES string of the molecule is O=C(O)[C@H](O)[C@@H](O)C(=O)NCCC(c1ccccc1)c1ccccc1. The zero-order valence-electron chi connectivity index (χ0n) is 13.6. The van der Waals surface area contributed by atoms with E-state index in [1.165, 1.54) is 0 Å². The topological polar surface area (TPSA) is 107 Å². The summed E-state index contributed by atoms with van der Waals surface area (Å²) in [5.41, 5.74) is 2.18. The van der Waals surface area contributed by atoms with Gasteiger partial charge in [0.25, 0.3) is 5.91 Å². The summed E-state index contributed by atoms with van der Waals surface area (Å²) in [5.74, 6) is -2.51. The van der Waals surface area contributed by atoms with Crippen molar-refractivity contribution in [3.05, 3.63) is 71.8 Å². The highest BCUT2D eigenvalue weighted by Gasteiger charge is 2.29. The van der Waals surface area contributed by atoms with Gasteiger partial charge in [-0.3, -0.25) is 4.79 Å². The molecular weight excluding hydrogens is 322 g/mol. The summed E-state index contributed by atoms with van der Waals surface area (Å²) >= 11 is 0. The zero-order valence-corrected chi connectivity index (χ0v) is 13.6. The second kappa shape index (κ2) is 8.96. The van der Waals surface area contributed by atoms with E-state index in [0.29, 0.717) is 6.42 Å². The predicted octanol–water partition coefficient (Wildman–Crippen LogP) is 1.13. The normalized spacial score (nSPS) is 13.2. The van der Waals surface area contributed by atoms with E-state index in [2.05, 4.69) is 5.32 Å². The zero-order chi connectivity index (χ0) is 18.2. The summed E-state index contributed by atoms with van der Waals surface area (Å²) in [6, 6.07) is 19.6. The molecule has 0 radical (unpaired) electrons. The minimum atomic E-state index is -2.14. The number of carboxylic acid groups (broad SMARTS) is 1. The van der Waals surface area contributed by atoms with E-state index in [0.717, 1.165) is 11.1 Å². The summed E-state index contributed by atoms with van der Waals surface area (Å²) in [6.07, 6.45) is -3.57. The molecular formula is C19H21NO5. The number of aliphatic hydroxyl groups excluding tert-OH is 2. The summed E-state index contributed by atoms with van der Waals surface area (Å²) < 4.78 is 0. The lowest BCUT2D eigenvalue weighted by Crippen LogP contribution is -2.46. The van der Waals surface area contributed by atoms with Crippen LogP contribution in [0.1, 0.15) is 23.5 Å². The molecule has 25 heavy (non-hydrogen) atoms. The lowest BCUT2D eigenvalue weighted by Gasteiger charge is -2.19. The number of hydrogen-bond donors (Lipinski definition) is 4. The fourth-order valence-corrected chi connectivity index (χ4v) is 2.62. The molecule has 6 heteroatoms. The molecule has 0 fully saturated rings. The van der Waals surface area contributed by atoms with E-state index in [1.807, 2.05) is 60.7 Å². The summed E-state index contributed by atoms with van der Waals surface area (Å²) in [5, 5.41) is 29.8. The van der Waals surface area contributed by atoms with Crippen molar-refractivity contribution in [1.82, 2.24) is 5.32 Å². The quantitative estimate of drug-likeness (QED) is 0.575. The maximum Gasteiger partial charge on any atom is 0.335 e. The Kier molecular flexibility index (Phi) is 6.68. The van der Waals surface area contributed by atoms with Crippen molar-refractivity contribution in [3.63, 3.8) is 0 Å². The Hall–Kier alpha value is -2.70. The Bertz CT molecular complexity index is 650. The van der Waals surface area contributed by atoms with Crippen LogP contribution in [0.5, 0.6) is 0 Å². The van der Waals surface area contributed by atoms with Crippen LogP contribution in [-0.4, -0.2) is 45.9 Å². The Labute approximate surface area is 145 Å². The number of benzene rings is 2. The van der Waals surface area contributed by atoms with Crippen LogP contribution in [0.25, 0.3) is 0 Å². The Balaban J connectivity index is 2.02. The number of aliphatic carboxylic acids is 1. The molecule has 2 atom stereocenters. The Morgan fingerprint density at radius 1 is 0.840 bits per heavy atom. The van der Waals surface area contributed by atoms with Crippen LogP contribution in [-0.2, 0) is 9.59 Å². The molecule has 132 valence electrons. The van der Waals surface area contributed by atoms with Crippen LogP contribution in [0.3, 0.4) is 0 Å². The van der Waals surface area contributed by atoms with E-state index in [1.54, 1.807) is 0 Å². The molecule has 1 amide bonds. The van der Waals surface area contributed by atoms with E-state index < -0.39 is 24.1 Å². The van der Waals surface area contributed by atoms with Crippen molar-refractivity contribution >= 4 is 11.9 Å². The van der Waals surface area contributed by atoms with Gasteiger partial charge in [-0.1, -0.05) is 60.7 Å². The number of amides is 1. The minimum Gasteiger partial charge on any atom is -0.479 e. The number of carboxylic acids is 1. The van der Waals surface area contributed by atoms with E-state index in [-0.39, 0.29) is 12.5 Å². The second-order valence-corrected chi connectivity index (χ2v) is 5.68. The lowest BCUT2D eigenvalue weighted by molar-refractivity contribution is -0.158. The molecule has 0 aliphatic rings. The van der Waals surface area contributed by atoms with Gasteiger partial charge in [0.1, 0.15) is 0 Å². The molecule has 0 aliphatic carbocycles. The van der Waals surface area contributed by atoms with Crippen molar-refractivity contribution in [2.45, 2.75) is 24.5 Å². The van der Waals surface area contributed by atoms with Gasteiger partial charge in [-0.25, -0.2) is 4.79 Å². The number of hydrogen-bond acceptors (Lipinski definition) is 4. The van der Waals surface area contributed by atoms with E-state index >= 15 is 0 Å². The molecule has 2 rings (SSSR count). The molecule has 4 N–H and O–H groups in total. The van der Waals surface area contributed by atoms with Gasteiger partial charge < -0.3 is 20.6 Å². The third-order valence-electron chi connectivity index (χ3n) is 3.96. The molecule has 2 aromatic rings. The first-order chi connectivity index (χ1) is 12.0. The van der Waals surface area contributed by atoms with Gasteiger partial charge in [0.05, 0.1) is 0 Å². The smallest absolute Gasteiger partial charge is 0.335 e. The van der Waals surface area contributed by atoms with Crippen LogP contribution in [0.4, 0.5) is 0 Å². The van der Waals surface area contributed by atoms with Gasteiger partial charge in [0.2, 0.25) is 0 Å². The van der Waals surface area contributed by atoms with Crippen LogP contribution in [0.2, 0.25) is 0 Å². The first-order valence-electron chi connectivity index (χ1n) is 7.97. The first-order valence-corrected chi connectivity index (χ1v) is 7.97. The summed E-state index contributed by atoms with van der Waals surface area (Å²) in [7, 11) is 0. The molecule has 0 saturated carbocycles. The third-order valence-corrected chi connectivity index (χ3v) is 3.96. The van der Waals surface area contributed by atoms with Crippen molar-refractivity contribution in [1.29, 1.82) is 0 Å². The van der Waals surface area contributed by atoms with Gasteiger partial charge in [-0.2, -0.15) is 0 Å². The number of rotatable bonds is 8. The summed E-state index contributed by atoms with van der Waals surface area (Å²) in [6.45, 7) is 0.233. The van der Waals surface area contributed by atoms with Crippen LogP contribution >= 0.6 is 0 Å². The lowest BCUT2D eigenvalue weighted by atomic mass is 9.88. The van der Waals surface area contributed by atoms with Gasteiger partial charge in [0, 0.05) is 12.5 Å². The minimum absolute atomic E-state index is 0.0456. The Morgan fingerprint density at radius 2 is 1.32 bits per heavy atom. The van der Waals surface area contributed by atoms with Crippen LogP contribution in [0, 0.1) is 0 Å². The number of carbonyl (C=O) groups excluding carboxylic acids is 1. The number of carbonyl (C=O) groups is 2. The predicted molar refractivity (Wildman–Crippen MR) is 92.0 cm³/mol. The van der Waals surface area contributed by atoms with Crippen molar-refractivity contribution < 1.29 is 24.9 Å². The molecule has 0 spiro atoms. The maximum absolute atomic E-state index is 11.8. The van der Waals surface area contributed by atoms with E-state index in [4.69, 9.17) is 5.11 Å². The standard InChI is InChI=1S/C19H21NO5/c21-16(17(22)19(24)25)18(23)20-12-11-15(13-7-3-1-4-8-13)14-9-5-2-6-10-14/h1-10,15-17,21-22H,11-12H2,(H,20,23)(H,24,25)/t16-,17-/m1/s1. The molecule has 2 aromatic carbocycles. The third kappa shape index (κ3) is 5.14. The molecule has 0 heterocycles. The Morgan fingerprint density at radius 3 is 1.76 bits per heavy atom. The van der Waals surface area contributed by atoms with Crippen molar-refractivity contribution in [2.24, 2.45) is 0 Å². The molecule has 6 nitrogen and oxygen atoms in total. The fraction of sp³-hybridized carbons (Fsp3) is 0.263. The highest BCUT2D eigenvalue weighted by atomic mass is 16.4. The summed E-state index contributed by atoms with van der Waals surface area (Å²) in [4.78, 5) is 22.4. The average Bonchev–Trinajstić information content (AvgIpc) is 2.65. The molecule has 0 saturated heterocycles. The fourth-order valence-electron chi connectivity index (χ4n) is 2.62. The monoisotopic (exact) mass is 343 g/mol. The molecule has 0 aromatic heterocycles. The van der Waals surface area contributed by atoms with E-state index in [9.17, 15) is 19.8 Å². The molecule has 0 aliphatic heterocycles. The number of aliphatic hydroxyl groups is 2. The van der Waals surface area contributed by atoms with Crippen LogP contribution in [0.15, 0.2) is 60.7 Å². The second-order valence-electron chi connectivity index (χ2n) is 5.68. The molecule has 0 unspecified atom stereocenters. The highest BCUT2D eigenvalue weighted by molar-refractivity contribution is 5.87. The van der Waals surface area contributed by atoms with Gasteiger partial charge >= 0.3 is 5.97 Å². The van der Waals surface area contributed by atoms with Crippen LogP contribution < -0.4 is 5.32 Å². The largest absolute Gasteiger partial charge is 0.479 e. The van der Waals surface area contributed by atoms with Crippen molar-refractivity contribution in [3.8, 4) is 0 Å². The van der Waals surface area contributed by atoms with Crippen molar-refractivity contribution in [2.75, 3.05) is 6.54 Å². The number of nitrogens with one attached hydrogen (secondary N) is 1. The van der Waals surface area contributed by atoms with Gasteiger partial charge in [-0.15, -0.1) is 0 Å². The first kappa shape index (κ1) is 18.6. The average molecular weight is 343 g/mol. The highest BCUT2D eigenvalue weighted by Crippen LogP contribution is 2.27. The molecule has 0 bridgehead atoms. The van der Waals surface area contributed by atoms with Gasteiger partial charge in [0.15, 0.2) is 12.2 Å². The maximum atomic E-state index is 11.8. The van der Waals surface area contributed by atoms with Gasteiger partial charge in [-0.05, 0) is 17.5 Å².